The minimum Gasteiger partial charge on any atom is -0.467 e. The van der Waals surface area contributed by atoms with Gasteiger partial charge in [-0.2, -0.15) is 28.4 Å². The topological polar surface area (TPSA) is 112 Å². The number of ether oxygens (including phenoxy) is 1. The largest absolute Gasteiger partial charge is 0.467 e. The monoisotopic (exact) mass is 743 g/mol. The molecule has 4 aromatic rings. The maximum atomic E-state index is 16.6. The summed E-state index contributed by atoms with van der Waals surface area (Å²) < 4.78 is 93.2. The molecule has 1 saturated carbocycles. The lowest BCUT2D eigenvalue weighted by atomic mass is 9.92. The highest BCUT2D eigenvalue weighted by Gasteiger charge is 2.47. The first-order valence-electron chi connectivity index (χ1n) is 17.4. The molecular formula is C36H35F6N7O2S. The Labute approximate surface area is 298 Å². The van der Waals surface area contributed by atoms with E-state index in [1.807, 2.05) is 11.0 Å². The van der Waals surface area contributed by atoms with E-state index in [1.54, 1.807) is 4.90 Å². The van der Waals surface area contributed by atoms with E-state index in [-0.39, 0.29) is 67.3 Å². The highest BCUT2D eigenvalue weighted by Crippen LogP contribution is 2.48. The van der Waals surface area contributed by atoms with Crippen LogP contribution in [0.15, 0.2) is 18.2 Å². The van der Waals surface area contributed by atoms with Crippen LogP contribution in [0.4, 0.5) is 37.2 Å². The van der Waals surface area contributed by atoms with Crippen molar-refractivity contribution in [2.45, 2.75) is 75.4 Å². The maximum absolute atomic E-state index is 16.6. The molecule has 274 valence electrons. The zero-order valence-electron chi connectivity index (χ0n) is 28.2. The van der Waals surface area contributed by atoms with E-state index in [2.05, 4.69) is 14.9 Å². The third-order valence-electron chi connectivity index (χ3n) is 11.0. The molecule has 0 spiro atoms. The predicted octanol–water partition coefficient (Wildman–Crippen LogP) is 7.05. The number of hydrogen-bond acceptors (Lipinski definition) is 9. The van der Waals surface area contributed by atoms with Crippen molar-refractivity contribution in [2.24, 2.45) is 5.92 Å². The van der Waals surface area contributed by atoms with E-state index in [0.29, 0.717) is 37.0 Å². The fraction of sp³-hybridized carbons (Fsp3) is 0.500. The van der Waals surface area contributed by atoms with Crippen LogP contribution in [0, 0.1) is 28.9 Å². The molecule has 16 heteroatoms. The lowest BCUT2D eigenvalue weighted by Gasteiger charge is -2.42. The molecule has 9 nitrogen and oxygen atoms in total. The minimum absolute atomic E-state index is 0.0366. The summed E-state index contributed by atoms with van der Waals surface area (Å²) in [4.78, 5) is 27.4. The van der Waals surface area contributed by atoms with Crippen LogP contribution in [0.3, 0.4) is 0 Å². The molecule has 2 aromatic heterocycles. The summed E-state index contributed by atoms with van der Waals surface area (Å²) in [5.74, 6) is -1.90. The number of alkyl halides is 4. The number of nitrogens with zero attached hydrogens (tertiary/aromatic N) is 6. The molecule has 5 aliphatic rings. The number of carbonyl (C=O) groups excluding carboxylic acids is 1. The van der Waals surface area contributed by atoms with Crippen molar-refractivity contribution < 1.29 is 35.9 Å². The summed E-state index contributed by atoms with van der Waals surface area (Å²) in [5.41, 5.74) is 2.68. The number of thiophene rings is 1. The molecule has 2 N–H and O–H groups in total. The van der Waals surface area contributed by atoms with E-state index in [4.69, 9.17) is 10.5 Å². The normalized spacial score (nSPS) is 24.3. The smallest absolute Gasteiger partial charge is 0.417 e. The SMILES string of the molecule is COc1nc(N2CC3CCC(C2)N3C(=O)C2CC2)c2cc(C(F)(F)F)c(-c3ccc(F)c4sc(N)c(C#N)c34)c(F)c2n1.FC1CC2CCCN2C1. The third kappa shape index (κ3) is 5.85. The van der Waals surface area contributed by atoms with Crippen LogP contribution >= 0.6 is 11.3 Å². The number of carbonyl (C=O) groups is 1. The van der Waals surface area contributed by atoms with Gasteiger partial charge in [0.05, 0.1) is 22.9 Å². The number of halogens is 6. The first-order chi connectivity index (χ1) is 24.9. The first-order valence-corrected chi connectivity index (χ1v) is 18.2. The number of anilines is 2. The number of nitrogens with two attached hydrogens (primary N) is 1. The minimum atomic E-state index is -5.05. The Bertz CT molecular complexity index is 2110. The first kappa shape index (κ1) is 34.7. The second kappa shape index (κ2) is 12.9. The van der Waals surface area contributed by atoms with Crippen molar-refractivity contribution in [3.05, 3.63) is 41.0 Å². The average molecular weight is 744 g/mol. The summed E-state index contributed by atoms with van der Waals surface area (Å²) in [6, 6.07) is 4.61. The molecule has 4 saturated heterocycles. The predicted molar refractivity (Wildman–Crippen MR) is 184 cm³/mol. The van der Waals surface area contributed by atoms with Crippen molar-refractivity contribution >= 4 is 49.1 Å². The zero-order chi connectivity index (χ0) is 36.6. The Morgan fingerprint density at radius 2 is 1.79 bits per heavy atom. The fourth-order valence-electron chi connectivity index (χ4n) is 8.52. The van der Waals surface area contributed by atoms with Crippen LogP contribution in [0.25, 0.3) is 32.1 Å². The molecule has 2 bridgehead atoms. The standard InChI is InChI=1S/C29H23F5N6O2S.C7H12FN/c1-42-28-37-23-16(26(38-28)39-10-13-4-5-14(11-39)40(13)27(41)12-2-3-12)8-18(29(32,33)34)21(22(23)31)15-6-7-19(30)24-20(15)17(9-35)25(36)43-24;8-6-4-7-2-1-3-9(7)5-6/h6-8,12-14H,2-5,10-11,36H2,1H3;6-7H,1-5H2. The maximum Gasteiger partial charge on any atom is 0.417 e. The molecule has 6 heterocycles. The van der Waals surface area contributed by atoms with Crippen molar-refractivity contribution in [1.82, 2.24) is 19.8 Å². The van der Waals surface area contributed by atoms with E-state index >= 15 is 4.39 Å². The number of hydrogen-bond donors (Lipinski definition) is 1. The number of nitrogen functional groups attached to an aromatic ring is 1. The van der Waals surface area contributed by atoms with E-state index in [1.165, 1.54) is 20.0 Å². The molecule has 4 aliphatic heterocycles. The van der Waals surface area contributed by atoms with Gasteiger partial charge in [0.2, 0.25) is 5.91 Å². The van der Waals surface area contributed by atoms with Gasteiger partial charge in [0.1, 0.15) is 34.4 Å². The number of aromatic nitrogens is 2. The molecule has 2 aromatic carbocycles. The van der Waals surface area contributed by atoms with E-state index in [0.717, 1.165) is 56.8 Å². The van der Waals surface area contributed by atoms with E-state index < -0.39 is 40.6 Å². The van der Waals surface area contributed by atoms with Gasteiger partial charge in [-0.05, 0) is 69.2 Å². The summed E-state index contributed by atoms with van der Waals surface area (Å²) in [5, 5.41) is 9.21. The summed E-state index contributed by atoms with van der Waals surface area (Å²) in [6.45, 7) is 2.48. The van der Waals surface area contributed by atoms with Gasteiger partial charge < -0.3 is 20.3 Å². The van der Waals surface area contributed by atoms with Crippen molar-refractivity contribution in [3.63, 3.8) is 0 Å². The number of rotatable bonds is 4. The summed E-state index contributed by atoms with van der Waals surface area (Å²) >= 11 is 0.699. The average Bonchev–Trinajstić information content (AvgIpc) is 3.53. The number of fused-ring (bicyclic) bond motifs is 5. The Morgan fingerprint density at radius 3 is 2.42 bits per heavy atom. The van der Waals surface area contributed by atoms with Crippen molar-refractivity contribution in [1.29, 1.82) is 5.26 Å². The molecule has 1 aliphatic carbocycles. The summed E-state index contributed by atoms with van der Waals surface area (Å²) in [7, 11) is 1.26. The zero-order valence-corrected chi connectivity index (χ0v) is 29.0. The molecule has 1 amide bonds. The van der Waals surface area contributed by atoms with Gasteiger partial charge in [-0.15, -0.1) is 11.3 Å². The van der Waals surface area contributed by atoms with Crippen LogP contribution in [0.1, 0.15) is 56.1 Å². The van der Waals surface area contributed by atoms with Gasteiger partial charge in [-0.25, -0.2) is 13.2 Å². The van der Waals surface area contributed by atoms with Gasteiger partial charge in [0, 0.05) is 60.0 Å². The van der Waals surface area contributed by atoms with Gasteiger partial charge >= 0.3 is 12.2 Å². The number of methoxy groups -OCH3 is 1. The number of amides is 1. The summed E-state index contributed by atoms with van der Waals surface area (Å²) in [6.07, 6.45) is 0.984. The van der Waals surface area contributed by atoms with Gasteiger partial charge in [0.25, 0.3) is 0 Å². The van der Waals surface area contributed by atoms with Crippen LogP contribution in [0.2, 0.25) is 0 Å². The molecule has 5 fully saturated rings. The van der Waals surface area contributed by atoms with Gasteiger partial charge in [0.15, 0.2) is 5.82 Å². The second-order valence-electron chi connectivity index (χ2n) is 14.2. The van der Waals surface area contributed by atoms with Crippen molar-refractivity contribution in [2.75, 3.05) is 43.9 Å². The van der Waals surface area contributed by atoms with Gasteiger partial charge in [-0.3, -0.25) is 9.69 Å². The molecule has 4 atom stereocenters. The lowest BCUT2D eigenvalue weighted by Crippen LogP contribution is -2.56. The quantitative estimate of drug-likeness (QED) is 0.222. The number of nitriles is 1. The van der Waals surface area contributed by atoms with E-state index in [9.17, 15) is 32.0 Å². The second-order valence-corrected chi connectivity index (χ2v) is 15.3. The van der Waals surface area contributed by atoms with Crippen LogP contribution in [-0.4, -0.2) is 83.3 Å². The molecule has 0 radical (unpaired) electrons. The Hall–Kier alpha value is -4.36. The fourth-order valence-corrected chi connectivity index (χ4v) is 9.47. The van der Waals surface area contributed by atoms with Crippen LogP contribution < -0.4 is 15.4 Å². The Kier molecular flexibility index (Phi) is 8.64. The third-order valence-corrected chi connectivity index (χ3v) is 12.0. The highest BCUT2D eigenvalue weighted by atomic mass is 32.1. The Balaban J connectivity index is 0.000000372. The molecule has 9 rings (SSSR count). The number of benzene rings is 2. The van der Waals surface area contributed by atoms with Crippen LogP contribution in [0.5, 0.6) is 6.01 Å². The van der Waals surface area contributed by atoms with Gasteiger partial charge in [-0.1, -0.05) is 6.07 Å². The molecule has 52 heavy (non-hydrogen) atoms. The Morgan fingerprint density at radius 1 is 1.06 bits per heavy atom. The lowest BCUT2D eigenvalue weighted by molar-refractivity contribution is -0.137. The van der Waals surface area contributed by atoms with Crippen molar-refractivity contribution in [3.8, 4) is 23.2 Å². The molecule has 4 unspecified atom stereocenters. The highest BCUT2D eigenvalue weighted by molar-refractivity contribution is 7.23. The molecular weight excluding hydrogens is 708 g/mol. The van der Waals surface area contributed by atoms with Crippen LogP contribution in [-0.2, 0) is 11.0 Å². The number of piperazine rings is 1.